The number of aromatic nitrogens is 1. The SMILES string of the molecule is CC[C@]1(C(C)N)CC[C@@H](Oc2c(F)cc3cnccc3c2C)CC1. The lowest BCUT2D eigenvalue weighted by molar-refractivity contribution is 0.0594. The number of fused-ring (bicyclic) bond motifs is 1. The molecule has 1 saturated carbocycles. The van der Waals surface area contributed by atoms with Crippen LogP contribution < -0.4 is 10.5 Å². The van der Waals surface area contributed by atoms with E-state index >= 15 is 0 Å². The van der Waals surface area contributed by atoms with Crippen LogP contribution in [0.1, 0.15) is 51.5 Å². The molecule has 0 saturated heterocycles. The first-order valence-corrected chi connectivity index (χ1v) is 8.92. The van der Waals surface area contributed by atoms with Gasteiger partial charge in [-0.1, -0.05) is 6.92 Å². The number of ether oxygens (including phenoxy) is 1. The van der Waals surface area contributed by atoms with Gasteiger partial charge in [0, 0.05) is 29.4 Å². The predicted octanol–water partition coefficient (Wildman–Crippen LogP) is 4.75. The van der Waals surface area contributed by atoms with Gasteiger partial charge in [0.15, 0.2) is 11.6 Å². The van der Waals surface area contributed by atoms with Gasteiger partial charge < -0.3 is 10.5 Å². The second kappa shape index (κ2) is 6.67. The van der Waals surface area contributed by atoms with Crippen molar-refractivity contribution in [3.05, 3.63) is 35.9 Å². The number of nitrogens with two attached hydrogens (primary N) is 1. The Morgan fingerprint density at radius 2 is 2.12 bits per heavy atom. The first-order chi connectivity index (χ1) is 11.5. The molecule has 130 valence electrons. The third-order valence-corrected chi connectivity index (χ3v) is 5.98. The molecular formula is C20H27FN2O. The maximum Gasteiger partial charge on any atom is 0.166 e. The number of hydrogen-bond acceptors (Lipinski definition) is 3. The smallest absolute Gasteiger partial charge is 0.166 e. The lowest BCUT2D eigenvalue weighted by Crippen LogP contribution is -2.43. The minimum atomic E-state index is -0.299. The third kappa shape index (κ3) is 3.00. The maximum atomic E-state index is 14.5. The van der Waals surface area contributed by atoms with Gasteiger partial charge in [-0.15, -0.1) is 0 Å². The van der Waals surface area contributed by atoms with Crippen LogP contribution in [0.25, 0.3) is 10.8 Å². The van der Waals surface area contributed by atoms with E-state index in [0.29, 0.717) is 5.75 Å². The van der Waals surface area contributed by atoms with Gasteiger partial charge in [0.05, 0.1) is 6.10 Å². The van der Waals surface area contributed by atoms with Crippen molar-refractivity contribution in [2.75, 3.05) is 0 Å². The van der Waals surface area contributed by atoms with E-state index in [1.807, 2.05) is 13.0 Å². The summed E-state index contributed by atoms with van der Waals surface area (Å²) in [6.07, 6.45) is 8.53. The van der Waals surface area contributed by atoms with E-state index in [4.69, 9.17) is 10.5 Å². The summed E-state index contributed by atoms with van der Waals surface area (Å²) < 4.78 is 20.6. The fraction of sp³-hybridized carbons (Fsp3) is 0.550. The molecule has 1 unspecified atom stereocenters. The normalized spacial score (nSPS) is 25.6. The molecule has 1 aliphatic carbocycles. The second-order valence-electron chi connectivity index (χ2n) is 7.23. The van der Waals surface area contributed by atoms with Crippen molar-refractivity contribution < 1.29 is 9.13 Å². The molecule has 2 N–H and O–H groups in total. The largest absolute Gasteiger partial charge is 0.487 e. The van der Waals surface area contributed by atoms with Gasteiger partial charge in [-0.25, -0.2) is 4.39 Å². The Kier molecular flexibility index (Phi) is 4.77. The van der Waals surface area contributed by atoms with Gasteiger partial charge in [-0.2, -0.15) is 0 Å². The zero-order valence-electron chi connectivity index (χ0n) is 14.8. The molecule has 1 heterocycles. The molecule has 0 radical (unpaired) electrons. The second-order valence-corrected chi connectivity index (χ2v) is 7.23. The van der Waals surface area contributed by atoms with Crippen molar-refractivity contribution in [2.45, 2.75) is 65.0 Å². The van der Waals surface area contributed by atoms with Crippen LogP contribution in [0.2, 0.25) is 0 Å². The molecule has 1 aromatic heterocycles. The number of nitrogens with zero attached hydrogens (tertiary/aromatic N) is 1. The Hall–Kier alpha value is -1.68. The molecule has 4 heteroatoms. The highest BCUT2D eigenvalue weighted by Crippen LogP contribution is 2.43. The third-order valence-electron chi connectivity index (χ3n) is 5.98. The number of rotatable bonds is 4. The molecule has 0 spiro atoms. The van der Waals surface area contributed by atoms with Crippen LogP contribution in [0.4, 0.5) is 4.39 Å². The molecule has 0 amide bonds. The van der Waals surface area contributed by atoms with Gasteiger partial charge in [0.2, 0.25) is 0 Å². The van der Waals surface area contributed by atoms with Crippen molar-refractivity contribution in [3.8, 4) is 5.75 Å². The van der Waals surface area contributed by atoms with E-state index in [-0.39, 0.29) is 23.4 Å². The van der Waals surface area contributed by atoms with Gasteiger partial charge in [-0.05, 0) is 68.9 Å². The lowest BCUT2D eigenvalue weighted by atomic mass is 9.67. The predicted molar refractivity (Wildman–Crippen MR) is 95.7 cm³/mol. The summed E-state index contributed by atoms with van der Waals surface area (Å²) in [5.41, 5.74) is 7.28. The maximum absolute atomic E-state index is 14.5. The standard InChI is InChI=1S/C20H27FN2O/c1-4-20(14(3)22)8-5-16(6-9-20)24-19-13(2)17-7-10-23-12-15(17)11-18(19)21/h7,10-12,14,16H,4-6,8-9,22H2,1-3H3/t14?,16-,20+. The van der Waals surface area contributed by atoms with Crippen LogP contribution in [0, 0.1) is 18.2 Å². The summed E-state index contributed by atoms with van der Waals surface area (Å²) in [4.78, 5) is 4.06. The highest BCUT2D eigenvalue weighted by Gasteiger charge is 2.37. The fourth-order valence-electron chi connectivity index (χ4n) is 4.09. The van der Waals surface area contributed by atoms with Gasteiger partial charge in [0.25, 0.3) is 0 Å². The Morgan fingerprint density at radius 1 is 1.42 bits per heavy atom. The Morgan fingerprint density at radius 3 is 2.75 bits per heavy atom. The number of hydrogen-bond donors (Lipinski definition) is 1. The van der Waals surface area contributed by atoms with E-state index in [1.54, 1.807) is 12.4 Å². The van der Waals surface area contributed by atoms with E-state index in [9.17, 15) is 4.39 Å². The van der Waals surface area contributed by atoms with E-state index in [2.05, 4.69) is 18.8 Å². The molecule has 3 nitrogen and oxygen atoms in total. The molecule has 1 aromatic carbocycles. The average molecular weight is 330 g/mol. The van der Waals surface area contributed by atoms with Crippen LogP contribution in [0.3, 0.4) is 0 Å². The molecular weight excluding hydrogens is 303 g/mol. The summed E-state index contributed by atoms with van der Waals surface area (Å²) in [6.45, 7) is 6.24. The summed E-state index contributed by atoms with van der Waals surface area (Å²) in [5.74, 6) is 0.0935. The Bertz CT molecular complexity index is 721. The van der Waals surface area contributed by atoms with Gasteiger partial charge in [-0.3, -0.25) is 4.98 Å². The molecule has 1 aliphatic rings. The first kappa shape index (κ1) is 17.2. The zero-order chi connectivity index (χ0) is 17.3. The summed E-state index contributed by atoms with van der Waals surface area (Å²) in [7, 11) is 0. The Balaban J connectivity index is 1.79. The van der Waals surface area contributed by atoms with E-state index in [0.717, 1.165) is 48.4 Å². The topological polar surface area (TPSA) is 48.1 Å². The van der Waals surface area contributed by atoms with Crippen LogP contribution in [0.15, 0.2) is 24.5 Å². The summed E-state index contributed by atoms with van der Waals surface area (Å²) >= 11 is 0. The average Bonchev–Trinajstić information content (AvgIpc) is 2.59. The van der Waals surface area contributed by atoms with Gasteiger partial charge >= 0.3 is 0 Å². The van der Waals surface area contributed by atoms with Crippen molar-refractivity contribution >= 4 is 10.8 Å². The molecule has 0 bridgehead atoms. The minimum Gasteiger partial charge on any atom is -0.487 e. The van der Waals surface area contributed by atoms with Crippen molar-refractivity contribution in [3.63, 3.8) is 0 Å². The summed E-state index contributed by atoms with van der Waals surface area (Å²) in [5, 5.41) is 1.81. The van der Waals surface area contributed by atoms with Crippen molar-refractivity contribution in [1.29, 1.82) is 0 Å². The minimum absolute atomic E-state index is 0.0657. The number of pyridine rings is 1. The van der Waals surface area contributed by atoms with Crippen LogP contribution >= 0.6 is 0 Å². The van der Waals surface area contributed by atoms with Crippen molar-refractivity contribution in [2.24, 2.45) is 11.1 Å². The number of benzene rings is 1. The highest BCUT2D eigenvalue weighted by atomic mass is 19.1. The molecule has 1 fully saturated rings. The molecule has 24 heavy (non-hydrogen) atoms. The summed E-state index contributed by atoms with van der Waals surface area (Å²) in [6, 6.07) is 3.62. The van der Waals surface area contributed by atoms with Crippen molar-refractivity contribution in [1.82, 2.24) is 4.98 Å². The van der Waals surface area contributed by atoms with Crippen LogP contribution in [-0.4, -0.2) is 17.1 Å². The number of aryl methyl sites for hydroxylation is 1. The molecule has 3 rings (SSSR count). The van der Waals surface area contributed by atoms with E-state index < -0.39 is 0 Å². The van der Waals surface area contributed by atoms with Crippen LogP contribution in [-0.2, 0) is 0 Å². The first-order valence-electron chi connectivity index (χ1n) is 8.92. The molecule has 2 aromatic rings. The molecule has 1 atom stereocenters. The number of halogens is 1. The van der Waals surface area contributed by atoms with E-state index in [1.165, 1.54) is 6.07 Å². The lowest BCUT2D eigenvalue weighted by Gasteiger charge is -2.42. The fourth-order valence-corrected chi connectivity index (χ4v) is 4.09. The quantitative estimate of drug-likeness (QED) is 0.880. The Labute approximate surface area is 143 Å². The molecule has 0 aliphatic heterocycles. The highest BCUT2D eigenvalue weighted by molar-refractivity contribution is 5.86. The zero-order valence-corrected chi connectivity index (χ0v) is 14.8. The monoisotopic (exact) mass is 330 g/mol. The van der Waals surface area contributed by atoms with Gasteiger partial charge in [0.1, 0.15) is 0 Å². The van der Waals surface area contributed by atoms with Crippen LogP contribution in [0.5, 0.6) is 5.75 Å².